The molecule has 1 fully saturated rings. The minimum Gasteiger partial charge on any atom is -0.366 e. The first-order valence-electron chi connectivity index (χ1n) is 12.1. The zero-order chi connectivity index (χ0) is 25.8. The number of pyridine rings is 2. The van der Waals surface area contributed by atoms with E-state index in [4.69, 9.17) is 0 Å². The second-order valence-electron chi connectivity index (χ2n) is 9.04. The Morgan fingerprint density at radius 2 is 1.92 bits per heavy atom. The molecule has 192 valence electrons. The van der Waals surface area contributed by atoms with E-state index in [-0.39, 0.29) is 18.5 Å². The van der Waals surface area contributed by atoms with Crippen molar-refractivity contribution < 1.29 is 13.6 Å². The maximum Gasteiger partial charge on any atom is 0.253 e. The van der Waals surface area contributed by atoms with E-state index in [1.54, 1.807) is 24.4 Å². The second kappa shape index (κ2) is 11.1. The summed E-state index contributed by atoms with van der Waals surface area (Å²) in [6.45, 7) is 4.21. The van der Waals surface area contributed by atoms with Gasteiger partial charge in [0.1, 0.15) is 33.6 Å². The molecule has 4 aromatic rings. The van der Waals surface area contributed by atoms with Gasteiger partial charge in [-0.15, -0.1) is 0 Å². The maximum absolute atomic E-state index is 13.9. The van der Waals surface area contributed by atoms with Gasteiger partial charge in [-0.05, 0) is 69.1 Å². The highest BCUT2D eigenvalue weighted by atomic mass is 32.1. The zero-order valence-electron chi connectivity index (χ0n) is 20.2. The number of hydrogen-bond acceptors (Lipinski definition) is 8. The van der Waals surface area contributed by atoms with E-state index < -0.39 is 11.6 Å². The molecule has 3 aromatic heterocycles. The molecule has 0 aliphatic carbocycles. The van der Waals surface area contributed by atoms with Crippen LogP contribution in [0.3, 0.4) is 0 Å². The molecule has 1 unspecified atom stereocenters. The summed E-state index contributed by atoms with van der Waals surface area (Å²) in [5.74, 6) is 0.248. The molecule has 4 heterocycles. The molecule has 1 saturated heterocycles. The van der Waals surface area contributed by atoms with Crippen molar-refractivity contribution in [3.63, 3.8) is 0 Å². The number of nitrogens with one attached hydrogen (secondary N) is 4. The number of thiazole rings is 1. The third kappa shape index (κ3) is 6.17. The third-order valence-corrected chi connectivity index (χ3v) is 7.32. The van der Waals surface area contributed by atoms with Gasteiger partial charge in [0, 0.05) is 30.4 Å². The van der Waals surface area contributed by atoms with Gasteiger partial charge in [0.15, 0.2) is 5.13 Å². The Hall–Kier alpha value is -3.70. The molecule has 4 N–H and O–H groups in total. The minimum atomic E-state index is -0.611. The molecule has 11 heteroatoms. The Morgan fingerprint density at radius 3 is 2.68 bits per heavy atom. The monoisotopic (exact) mass is 523 g/mol. The molecule has 0 radical (unpaired) electrons. The smallest absolute Gasteiger partial charge is 0.253 e. The van der Waals surface area contributed by atoms with Crippen LogP contribution in [0.1, 0.15) is 35.7 Å². The average molecular weight is 524 g/mol. The number of fused-ring (bicyclic) bond motifs is 1. The average Bonchev–Trinajstić information content (AvgIpc) is 3.30. The van der Waals surface area contributed by atoms with Crippen LogP contribution in [-0.4, -0.2) is 40.0 Å². The summed E-state index contributed by atoms with van der Waals surface area (Å²) in [5, 5.41) is 13.3. The van der Waals surface area contributed by atoms with Crippen molar-refractivity contribution >= 4 is 44.4 Å². The van der Waals surface area contributed by atoms with Crippen LogP contribution in [0.4, 0.5) is 25.5 Å². The summed E-state index contributed by atoms with van der Waals surface area (Å²) in [7, 11) is 0. The molecule has 1 atom stereocenters. The zero-order valence-corrected chi connectivity index (χ0v) is 21.0. The lowest BCUT2D eigenvalue weighted by Crippen LogP contribution is -2.42. The Bertz CT molecular complexity index is 1390. The van der Waals surface area contributed by atoms with Crippen LogP contribution >= 0.6 is 11.3 Å². The van der Waals surface area contributed by atoms with E-state index >= 15 is 0 Å². The van der Waals surface area contributed by atoms with Crippen LogP contribution in [0.15, 0.2) is 48.7 Å². The van der Waals surface area contributed by atoms with Crippen LogP contribution in [-0.2, 0) is 6.54 Å². The molecule has 0 bridgehead atoms. The maximum atomic E-state index is 13.9. The fraction of sp³-hybridized carbons (Fsp3) is 0.308. The number of carbonyl (C=O) groups is 1. The molecule has 1 aliphatic rings. The minimum absolute atomic E-state index is 0.108. The number of halogens is 2. The number of hydrogen-bond donors (Lipinski definition) is 4. The van der Waals surface area contributed by atoms with Crippen molar-refractivity contribution in [1.82, 2.24) is 25.6 Å². The summed E-state index contributed by atoms with van der Waals surface area (Å²) >= 11 is 1.35. The van der Waals surface area contributed by atoms with Crippen molar-refractivity contribution in [3.05, 3.63) is 71.4 Å². The highest BCUT2D eigenvalue weighted by Gasteiger charge is 2.22. The van der Waals surface area contributed by atoms with Gasteiger partial charge in [-0.1, -0.05) is 17.4 Å². The number of benzene rings is 1. The highest BCUT2D eigenvalue weighted by Crippen LogP contribution is 2.28. The lowest BCUT2D eigenvalue weighted by molar-refractivity contribution is 0.0920. The fourth-order valence-electron chi connectivity index (χ4n) is 4.28. The van der Waals surface area contributed by atoms with Crippen LogP contribution in [0.5, 0.6) is 0 Å². The van der Waals surface area contributed by atoms with Crippen LogP contribution in [0.25, 0.3) is 10.3 Å². The fourth-order valence-corrected chi connectivity index (χ4v) is 5.13. The molecular formula is C26H27F2N7OS. The summed E-state index contributed by atoms with van der Waals surface area (Å²) < 4.78 is 27.0. The van der Waals surface area contributed by atoms with Crippen molar-refractivity contribution in [2.24, 2.45) is 5.92 Å². The topological polar surface area (TPSA) is 104 Å². The van der Waals surface area contributed by atoms with Gasteiger partial charge in [0.2, 0.25) is 0 Å². The van der Waals surface area contributed by atoms with Gasteiger partial charge < -0.3 is 21.3 Å². The van der Waals surface area contributed by atoms with Crippen molar-refractivity contribution in [1.29, 1.82) is 0 Å². The van der Waals surface area contributed by atoms with E-state index in [1.165, 1.54) is 23.5 Å². The van der Waals surface area contributed by atoms with Gasteiger partial charge >= 0.3 is 0 Å². The molecule has 5 rings (SSSR count). The molecule has 1 amide bonds. The van der Waals surface area contributed by atoms with Crippen LogP contribution < -0.4 is 21.3 Å². The first-order valence-corrected chi connectivity index (χ1v) is 13.0. The van der Waals surface area contributed by atoms with Crippen molar-refractivity contribution in [3.8, 4) is 0 Å². The largest absolute Gasteiger partial charge is 0.366 e. The van der Waals surface area contributed by atoms with Gasteiger partial charge in [-0.2, -0.15) is 0 Å². The van der Waals surface area contributed by atoms with E-state index in [1.807, 2.05) is 6.07 Å². The Balaban J connectivity index is 1.19. The predicted octanol–water partition coefficient (Wildman–Crippen LogP) is 4.84. The summed E-state index contributed by atoms with van der Waals surface area (Å²) in [5.41, 5.74) is 1.55. The van der Waals surface area contributed by atoms with Crippen LogP contribution in [0.2, 0.25) is 0 Å². The molecule has 37 heavy (non-hydrogen) atoms. The van der Waals surface area contributed by atoms with Crippen molar-refractivity contribution in [2.45, 2.75) is 32.4 Å². The summed E-state index contributed by atoms with van der Waals surface area (Å²) in [6.07, 6.45) is 3.67. The Labute approximate surface area is 216 Å². The molecular weight excluding hydrogens is 496 g/mol. The van der Waals surface area contributed by atoms with Gasteiger partial charge in [0.25, 0.3) is 5.91 Å². The van der Waals surface area contributed by atoms with Crippen LogP contribution in [0, 0.1) is 17.6 Å². The van der Waals surface area contributed by atoms with E-state index in [0.717, 1.165) is 32.0 Å². The first-order chi connectivity index (χ1) is 17.9. The molecule has 0 spiro atoms. The quantitative estimate of drug-likeness (QED) is 0.262. The molecule has 1 aromatic carbocycles. The normalized spacial score (nSPS) is 14.9. The van der Waals surface area contributed by atoms with E-state index in [0.29, 0.717) is 44.2 Å². The molecule has 0 saturated carbocycles. The Kier molecular flexibility index (Phi) is 7.52. The lowest BCUT2D eigenvalue weighted by Gasteiger charge is -2.28. The number of aromatic nitrogens is 3. The second-order valence-corrected chi connectivity index (χ2v) is 10.0. The SMILES string of the molecule is CC(NC(=O)c1ccc(Nc2nc3ccc(NCc4ccc(F)cc4F)nc3s2)nc1)C1CCNCC1. The van der Waals surface area contributed by atoms with Gasteiger partial charge in [-0.3, -0.25) is 4.79 Å². The predicted molar refractivity (Wildman–Crippen MR) is 141 cm³/mol. The van der Waals surface area contributed by atoms with Crippen molar-refractivity contribution in [2.75, 3.05) is 23.7 Å². The van der Waals surface area contributed by atoms with Gasteiger partial charge in [0.05, 0.1) is 5.56 Å². The lowest BCUT2D eigenvalue weighted by atomic mass is 9.91. The number of carbonyl (C=O) groups excluding carboxylic acids is 1. The summed E-state index contributed by atoms with van der Waals surface area (Å²) in [6, 6.07) is 10.6. The highest BCUT2D eigenvalue weighted by molar-refractivity contribution is 7.21. The number of nitrogens with zero attached hydrogens (tertiary/aromatic N) is 3. The third-order valence-electron chi connectivity index (χ3n) is 6.44. The van der Waals surface area contributed by atoms with E-state index in [2.05, 4.69) is 43.1 Å². The Morgan fingerprint density at radius 1 is 1.11 bits per heavy atom. The number of anilines is 3. The number of piperidine rings is 1. The standard InChI is InChI=1S/C26H27F2N7OS/c1-15(16-8-10-29-11-9-16)32-24(36)18-3-6-23(31-14-18)35-26-33-21-5-7-22(34-25(21)37-26)30-13-17-2-4-19(27)12-20(17)28/h2-7,12,14-16,29H,8-11,13H2,1H3,(H,30,34)(H,32,36)(H,31,33,35). The van der Waals surface area contributed by atoms with E-state index in [9.17, 15) is 13.6 Å². The molecule has 8 nitrogen and oxygen atoms in total. The summed E-state index contributed by atoms with van der Waals surface area (Å²) in [4.78, 5) is 26.8. The number of rotatable bonds is 8. The first kappa shape index (κ1) is 25.0. The number of amides is 1. The van der Waals surface area contributed by atoms with Gasteiger partial charge in [-0.25, -0.2) is 23.7 Å². The molecule has 1 aliphatic heterocycles.